The molecule has 5 nitrogen and oxygen atoms in total. The summed E-state index contributed by atoms with van der Waals surface area (Å²) in [6.07, 6.45) is 0. The van der Waals surface area contributed by atoms with Crippen molar-refractivity contribution in [2.75, 3.05) is 45.4 Å². The second kappa shape index (κ2) is 7.76. The SMILES string of the molecule is COCCN(CCOC)c1cc(C)ccc1C(=N)N. The van der Waals surface area contributed by atoms with E-state index in [-0.39, 0.29) is 5.84 Å². The van der Waals surface area contributed by atoms with Gasteiger partial charge in [0.25, 0.3) is 0 Å². The maximum atomic E-state index is 7.68. The highest BCUT2D eigenvalue weighted by molar-refractivity contribution is 6.00. The van der Waals surface area contributed by atoms with Gasteiger partial charge in [0.05, 0.1) is 13.2 Å². The van der Waals surface area contributed by atoms with E-state index in [9.17, 15) is 0 Å². The molecule has 0 atom stereocenters. The summed E-state index contributed by atoms with van der Waals surface area (Å²) in [6.45, 7) is 4.75. The summed E-state index contributed by atoms with van der Waals surface area (Å²) in [7, 11) is 3.35. The Morgan fingerprint density at radius 3 is 2.26 bits per heavy atom. The number of methoxy groups -OCH3 is 2. The van der Waals surface area contributed by atoms with Gasteiger partial charge in [0.1, 0.15) is 5.84 Å². The fourth-order valence-corrected chi connectivity index (χ4v) is 1.89. The van der Waals surface area contributed by atoms with Crippen LogP contribution in [0.15, 0.2) is 18.2 Å². The maximum Gasteiger partial charge on any atom is 0.124 e. The lowest BCUT2D eigenvalue weighted by atomic mass is 10.1. The Labute approximate surface area is 114 Å². The van der Waals surface area contributed by atoms with Crippen LogP contribution in [0.2, 0.25) is 0 Å². The Kier molecular flexibility index (Phi) is 6.32. The molecule has 19 heavy (non-hydrogen) atoms. The zero-order valence-corrected chi connectivity index (χ0v) is 11.9. The van der Waals surface area contributed by atoms with Crippen LogP contribution in [0.1, 0.15) is 11.1 Å². The molecule has 0 saturated heterocycles. The molecule has 1 rings (SSSR count). The van der Waals surface area contributed by atoms with Crippen molar-refractivity contribution >= 4 is 11.5 Å². The number of rotatable bonds is 8. The molecule has 0 radical (unpaired) electrons. The van der Waals surface area contributed by atoms with E-state index in [0.29, 0.717) is 13.2 Å². The fourth-order valence-electron chi connectivity index (χ4n) is 1.89. The van der Waals surface area contributed by atoms with Gasteiger partial charge in [-0.25, -0.2) is 0 Å². The van der Waals surface area contributed by atoms with Gasteiger partial charge >= 0.3 is 0 Å². The molecular formula is C14H23N3O2. The number of nitrogen functional groups attached to an aromatic ring is 1. The third-order valence-corrected chi connectivity index (χ3v) is 2.91. The van der Waals surface area contributed by atoms with Gasteiger partial charge in [-0.2, -0.15) is 0 Å². The highest BCUT2D eigenvalue weighted by Crippen LogP contribution is 2.22. The first-order valence-electron chi connectivity index (χ1n) is 6.28. The van der Waals surface area contributed by atoms with Crippen molar-refractivity contribution in [1.82, 2.24) is 0 Å². The lowest BCUT2D eigenvalue weighted by molar-refractivity contribution is 0.190. The number of hydrogen-bond acceptors (Lipinski definition) is 4. The number of anilines is 1. The topological polar surface area (TPSA) is 71.6 Å². The predicted octanol–water partition coefficient (Wildman–Crippen LogP) is 1.38. The van der Waals surface area contributed by atoms with Crippen LogP contribution in [-0.2, 0) is 9.47 Å². The highest BCUT2D eigenvalue weighted by atomic mass is 16.5. The van der Waals surface area contributed by atoms with Gasteiger partial charge in [-0.1, -0.05) is 6.07 Å². The number of benzene rings is 1. The van der Waals surface area contributed by atoms with Crippen LogP contribution < -0.4 is 10.6 Å². The van der Waals surface area contributed by atoms with Crippen LogP contribution in [0, 0.1) is 12.3 Å². The molecule has 0 aromatic heterocycles. The fraction of sp³-hybridized carbons (Fsp3) is 0.500. The molecule has 0 heterocycles. The number of amidine groups is 1. The van der Waals surface area contributed by atoms with Gasteiger partial charge in [-0.15, -0.1) is 0 Å². The minimum atomic E-state index is 0.0785. The van der Waals surface area contributed by atoms with Crippen LogP contribution in [0.3, 0.4) is 0 Å². The van der Waals surface area contributed by atoms with Crippen LogP contribution >= 0.6 is 0 Å². The van der Waals surface area contributed by atoms with Gasteiger partial charge in [-0.3, -0.25) is 5.41 Å². The average molecular weight is 265 g/mol. The van der Waals surface area contributed by atoms with Crippen LogP contribution in [-0.4, -0.2) is 46.4 Å². The molecule has 0 aliphatic rings. The number of hydrogen-bond donors (Lipinski definition) is 2. The molecule has 0 fully saturated rings. The minimum absolute atomic E-state index is 0.0785. The summed E-state index contributed by atoms with van der Waals surface area (Å²) in [6, 6.07) is 5.90. The number of nitrogens with one attached hydrogen (secondary N) is 1. The Hall–Kier alpha value is -1.59. The molecule has 0 amide bonds. The summed E-state index contributed by atoms with van der Waals surface area (Å²) in [5.41, 5.74) is 8.50. The van der Waals surface area contributed by atoms with Crippen LogP contribution in [0.4, 0.5) is 5.69 Å². The minimum Gasteiger partial charge on any atom is -0.384 e. The van der Waals surface area contributed by atoms with Crippen LogP contribution in [0.25, 0.3) is 0 Å². The Balaban J connectivity index is 3.03. The summed E-state index contributed by atoms with van der Waals surface area (Å²) in [5.74, 6) is 0.0785. The Morgan fingerprint density at radius 1 is 1.21 bits per heavy atom. The zero-order valence-electron chi connectivity index (χ0n) is 11.9. The molecule has 3 N–H and O–H groups in total. The Bertz CT molecular complexity index is 413. The van der Waals surface area contributed by atoms with E-state index in [1.807, 2.05) is 25.1 Å². The normalized spacial score (nSPS) is 10.5. The second-order valence-electron chi connectivity index (χ2n) is 4.41. The van der Waals surface area contributed by atoms with Crippen molar-refractivity contribution in [3.05, 3.63) is 29.3 Å². The van der Waals surface area contributed by atoms with E-state index < -0.39 is 0 Å². The first-order valence-corrected chi connectivity index (χ1v) is 6.28. The molecular weight excluding hydrogens is 242 g/mol. The number of ether oxygens (including phenoxy) is 2. The quantitative estimate of drug-likeness (QED) is 0.550. The highest BCUT2D eigenvalue weighted by Gasteiger charge is 2.13. The molecule has 0 unspecified atom stereocenters. The molecule has 0 saturated carbocycles. The Morgan fingerprint density at radius 2 is 1.79 bits per heavy atom. The molecule has 1 aromatic carbocycles. The van der Waals surface area contributed by atoms with E-state index in [0.717, 1.165) is 29.9 Å². The third-order valence-electron chi connectivity index (χ3n) is 2.91. The van der Waals surface area contributed by atoms with E-state index in [1.165, 1.54) is 0 Å². The average Bonchev–Trinajstić information content (AvgIpc) is 2.38. The predicted molar refractivity (Wildman–Crippen MR) is 78.2 cm³/mol. The van der Waals surface area contributed by atoms with Crippen molar-refractivity contribution in [1.29, 1.82) is 5.41 Å². The largest absolute Gasteiger partial charge is 0.384 e. The van der Waals surface area contributed by atoms with Crippen molar-refractivity contribution in [2.24, 2.45) is 5.73 Å². The third kappa shape index (κ3) is 4.54. The van der Waals surface area contributed by atoms with Crippen molar-refractivity contribution in [2.45, 2.75) is 6.92 Å². The van der Waals surface area contributed by atoms with Gasteiger partial charge in [0, 0.05) is 38.6 Å². The zero-order chi connectivity index (χ0) is 14.3. The summed E-state index contributed by atoms with van der Waals surface area (Å²) >= 11 is 0. The van der Waals surface area contributed by atoms with E-state index in [4.69, 9.17) is 20.6 Å². The van der Waals surface area contributed by atoms with Gasteiger partial charge in [0.2, 0.25) is 0 Å². The molecule has 5 heteroatoms. The summed E-state index contributed by atoms with van der Waals surface area (Å²) in [5, 5.41) is 7.68. The van der Waals surface area contributed by atoms with E-state index >= 15 is 0 Å². The molecule has 0 aliphatic heterocycles. The van der Waals surface area contributed by atoms with E-state index in [2.05, 4.69) is 4.90 Å². The second-order valence-corrected chi connectivity index (χ2v) is 4.41. The van der Waals surface area contributed by atoms with Crippen LogP contribution in [0.5, 0.6) is 0 Å². The number of nitrogens with two attached hydrogens (primary N) is 1. The monoisotopic (exact) mass is 265 g/mol. The first-order chi connectivity index (χ1) is 9.10. The standard InChI is InChI=1S/C14H23N3O2/c1-11-4-5-12(14(15)16)13(10-11)17(6-8-18-2)7-9-19-3/h4-5,10H,6-9H2,1-3H3,(H3,15,16). The lowest BCUT2D eigenvalue weighted by Crippen LogP contribution is -2.32. The van der Waals surface area contributed by atoms with Crippen molar-refractivity contribution < 1.29 is 9.47 Å². The maximum absolute atomic E-state index is 7.68. The van der Waals surface area contributed by atoms with Gasteiger partial charge in [-0.05, 0) is 24.6 Å². The molecule has 106 valence electrons. The summed E-state index contributed by atoms with van der Waals surface area (Å²) < 4.78 is 10.3. The van der Waals surface area contributed by atoms with Gasteiger partial charge in [0.15, 0.2) is 0 Å². The number of aryl methyl sites for hydroxylation is 1. The van der Waals surface area contributed by atoms with Gasteiger partial charge < -0.3 is 20.1 Å². The van der Waals surface area contributed by atoms with Crippen molar-refractivity contribution in [3.8, 4) is 0 Å². The molecule has 0 spiro atoms. The molecule has 1 aromatic rings. The molecule has 0 bridgehead atoms. The smallest absolute Gasteiger partial charge is 0.124 e. The first kappa shape index (κ1) is 15.5. The number of nitrogens with zero attached hydrogens (tertiary/aromatic N) is 1. The molecule has 0 aliphatic carbocycles. The summed E-state index contributed by atoms with van der Waals surface area (Å²) in [4.78, 5) is 2.14. The van der Waals surface area contributed by atoms with E-state index in [1.54, 1.807) is 14.2 Å². The lowest BCUT2D eigenvalue weighted by Gasteiger charge is -2.26. The van der Waals surface area contributed by atoms with Crippen molar-refractivity contribution in [3.63, 3.8) is 0 Å².